The molecule has 15 heavy (non-hydrogen) atoms. The molecular formula is C11H9N3S. The van der Waals surface area contributed by atoms with Crippen molar-refractivity contribution in [1.82, 2.24) is 9.78 Å². The van der Waals surface area contributed by atoms with Crippen LogP contribution in [0.5, 0.6) is 0 Å². The normalized spacial score (nSPS) is 10.9. The van der Waals surface area contributed by atoms with Gasteiger partial charge in [0.1, 0.15) is 5.82 Å². The van der Waals surface area contributed by atoms with Crippen LogP contribution in [0, 0.1) is 0 Å². The lowest BCUT2D eigenvalue weighted by Gasteiger charge is -2.00. The fourth-order valence-electron chi connectivity index (χ4n) is 1.58. The van der Waals surface area contributed by atoms with Gasteiger partial charge in [-0.15, -0.1) is 11.3 Å². The lowest BCUT2D eigenvalue weighted by atomic mass is 10.2. The van der Waals surface area contributed by atoms with E-state index in [1.165, 1.54) is 10.1 Å². The van der Waals surface area contributed by atoms with E-state index in [-0.39, 0.29) is 0 Å². The number of nitrogens with zero attached hydrogens (tertiary/aromatic N) is 2. The first-order valence-corrected chi connectivity index (χ1v) is 5.50. The van der Waals surface area contributed by atoms with Gasteiger partial charge in [-0.2, -0.15) is 5.10 Å². The Labute approximate surface area is 90.8 Å². The highest BCUT2D eigenvalue weighted by atomic mass is 32.1. The van der Waals surface area contributed by atoms with E-state index < -0.39 is 0 Å². The summed E-state index contributed by atoms with van der Waals surface area (Å²) >= 11 is 1.74. The molecule has 2 N–H and O–H groups in total. The minimum Gasteiger partial charge on any atom is -0.382 e. The van der Waals surface area contributed by atoms with Crippen LogP contribution in [0.15, 0.2) is 41.9 Å². The number of anilines is 1. The monoisotopic (exact) mass is 215 g/mol. The van der Waals surface area contributed by atoms with E-state index in [9.17, 15) is 0 Å². The number of hydrogen-bond donors (Lipinski definition) is 1. The number of fused-ring (bicyclic) bond motifs is 1. The van der Waals surface area contributed by atoms with Crippen LogP contribution in [0.3, 0.4) is 0 Å². The summed E-state index contributed by atoms with van der Waals surface area (Å²) in [6.07, 6.45) is 1.86. The van der Waals surface area contributed by atoms with Crippen molar-refractivity contribution in [3.05, 3.63) is 41.9 Å². The fraction of sp³-hybridized carbons (Fsp3) is 0. The molecule has 4 heteroatoms. The summed E-state index contributed by atoms with van der Waals surface area (Å²) < 4.78 is 3.07. The molecule has 0 saturated heterocycles. The average molecular weight is 215 g/mol. The molecule has 74 valence electrons. The standard InChI is InChI=1S/C11H9N3S/c12-11-3-5-14(13-11)9-1-2-10-8(7-9)4-6-15-10/h1-7H,(H2,12,13). The molecule has 0 unspecified atom stereocenters. The molecule has 3 rings (SSSR count). The number of rotatable bonds is 1. The maximum absolute atomic E-state index is 5.58. The van der Waals surface area contributed by atoms with Crippen molar-refractivity contribution >= 4 is 27.2 Å². The van der Waals surface area contributed by atoms with Crippen molar-refractivity contribution in [3.8, 4) is 5.69 Å². The van der Waals surface area contributed by atoms with E-state index in [0.29, 0.717) is 5.82 Å². The lowest BCUT2D eigenvalue weighted by Crippen LogP contribution is -1.95. The summed E-state index contributed by atoms with van der Waals surface area (Å²) in [4.78, 5) is 0. The van der Waals surface area contributed by atoms with Gasteiger partial charge in [0.15, 0.2) is 0 Å². The zero-order valence-electron chi connectivity index (χ0n) is 7.92. The van der Waals surface area contributed by atoms with Crippen LogP contribution >= 0.6 is 11.3 Å². The Bertz CT molecular complexity index is 609. The molecule has 0 saturated carbocycles. The predicted octanol–water partition coefficient (Wildman–Crippen LogP) is 2.67. The molecule has 0 atom stereocenters. The third-order valence-corrected chi connectivity index (χ3v) is 3.21. The van der Waals surface area contributed by atoms with Crippen molar-refractivity contribution in [3.63, 3.8) is 0 Å². The molecule has 0 spiro atoms. The summed E-state index contributed by atoms with van der Waals surface area (Å²) in [7, 11) is 0. The first kappa shape index (κ1) is 8.49. The Hall–Kier alpha value is -1.81. The Kier molecular flexibility index (Phi) is 1.76. The highest BCUT2D eigenvalue weighted by molar-refractivity contribution is 7.17. The second-order valence-electron chi connectivity index (χ2n) is 3.33. The summed E-state index contributed by atoms with van der Waals surface area (Å²) in [5, 5.41) is 7.50. The molecule has 3 aromatic rings. The molecule has 2 heterocycles. The number of thiophene rings is 1. The molecular weight excluding hydrogens is 206 g/mol. The first-order chi connectivity index (χ1) is 7.33. The number of hydrogen-bond acceptors (Lipinski definition) is 3. The van der Waals surface area contributed by atoms with Crippen LogP contribution in [0.2, 0.25) is 0 Å². The Morgan fingerprint density at radius 3 is 2.93 bits per heavy atom. The number of nitrogens with two attached hydrogens (primary N) is 1. The van der Waals surface area contributed by atoms with Crippen LogP contribution in [-0.2, 0) is 0 Å². The highest BCUT2D eigenvalue weighted by Gasteiger charge is 2.00. The lowest BCUT2D eigenvalue weighted by molar-refractivity contribution is 0.888. The van der Waals surface area contributed by atoms with Crippen molar-refractivity contribution < 1.29 is 0 Å². The third kappa shape index (κ3) is 1.39. The highest BCUT2D eigenvalue weighted by Crippen LogP contribution is 2.23. The van der Waals surface area contributed by atoms with Gasteiger partial charge in [0.25, 0.3) is 0 Å². The van der Waals surface area contributed by atoms with Crippen LogP contribution in [0.1, 0.15) is 0 Å². The minimum atomic E-state index is 0.542. The van der Waals surface area contributed by atoms with Gasteiger partial charge in [-0.25, -0.2) is 4.68 Å². The van der Waals surface area contributed by atoms with Gasteiger partial charge in [-0.3, -0.25) is 0 Å². The predicted molar refractivity (Wildman–Crippen MR) is 63.4 cm³/mol. The largest absolute Gasteiger partial charge is 0.382 e. The Balaban J connectivity index is 2.18. The maximum atomic E-state index is 5.58. The number of benzene rings is 1. The van der Waals surface area contributed by atoms with Gasteiger partial charge in [-0.1, -0.05) is 0 Å². The van der Waals surface area contributed by atoms with Gasteiger partial charge < -0.3 is 5.73 Å². The van der Waals surface area contributed by atoms with Gasteiger partial charge in [0.2, 0.25) is 0 Å². The van der Waals surface area contributed by atoms with Gasteiger partial charge in [0, 0.05) is 17.0 Å². The molecule has 3 nitrogen and oxygen atoms in total. The van der Waals surface area contributed by atoms with E-state index in [0.717, 1.165) is 5.69 Å². The third-order valence-electron chi connectivity index (χ3n) is 2.31. The number of nitrogen functional groups attached to an aromatic ring is 1. The zero-order chi connectivity index (χ0) is 10.3. The van der Waals surface area contributed by atoms with Crippen molar-refractivity contribution in [2.75, 3.05) is 5.73 Å². The molecule has 0 radical (unpaired) electrons. The zero-order valence-corrected chi connectivity index (χ0v) is 8.74. The van der Waals surface area contributed by atoms with Crippen LogP contribution in [0.25, 0.3) is 15.8 Å². The molecule has 0 bridgehead atoms. The quantitative estimate of drug-likeness (QED) is 0.678. The Morgan fingerprint density at radius 1 is 1.20 bits per heavy atom. The summed E-state index contributed by atoms with van der Waals surface area (Å²) in [5.74, 6) is 0.542. The second kappa shape index (κ2) is 3.10. The van der Waals surface area contributed by atoms with Crippen molar-refractivity contribution in [2.24, 2.45) is 0 Å². The van der Waals surface area contributed by atoms with Gasteiger partial charge >= 0.3 is 0 Å². The molecule has 1 aromatic carbocycles. The van der Waals surface area contributed by atoms with Crippen molar-refractivity contribution in [1.29, 1.82) is 0 Å². The van der Waals surface area contributed by atoms with Gasteiger partial charge in [-0.05, 0) is 35.0 Å². The molecule has 0 amide bonds. The topological polar surface area (TPSA) is 43.8 Å². The van der Waals surface area contributed by atoms with Gasteiger partial charge in [0.05, 0.1) is 5.69 Å². The van der Waals surface area contributed by atoms with Crippen molar-refractivity contribution in [2.45, 2.75) is 0 Å². The molecule has 2 aromatic heterocycles. The van der Waals surface area contributed by atoms with E-state index >= 15 is 0 Å². The number of aromatic nitrogens is 2. The molecule has 0 fully saturated rings. The second-order valence-corrected chi connectivity index (χ2v) is 4.28. The van der Waals surface area contributed by atoms with Crippen LogP contribution < -0.4 is 5.73 Å². The van der Waals surface area contributed by atoms with Crippen LogP contribution in [-0.4, -0.2) is 9.78 Å². The minimum absolute atomic E-state index is 0.542. The summed E-state index contributed by atoms with van der Waals surface area (Å²) in [6, 6.07) is 10.2. The maximum Gasteiger partial charge on any atom is 0.145 e. The molecule has 0 aliphatic heterocycles. The van der Waals surface area contributed by atoms with E-state index in [4.69, 9.17) is 5.73 Å². The SMILES string of the molecule is Nc1ccn(-c2ccc3sccc3c2)n1. The van der Waals surface area contributed by atoms with Crippen LogP contribution in [0.4, 0.5) is 5.82 Å². The first-order valence-electron chi connectivity index (χ1n) is 4.62. The van der Waals surface area contributed by atoms with E-state index in [1.54, 1.807) is 22.1 Å². The average Bonchev–Trinajstić information content (AvgIpc) is 2.84. The molecule has 0 aliphatic carbocycles. The Morgan fingerprint density at radius 2 is 2.13 bits per heavy atom. The summed E-state index contributed by atoms with van der Waals surface area (Å²) in [6.45, 7) is 0. The van der Waals surface area contributed by atoms with E-state index in [2.05, 4.69) is 28.7 Å². The molecule has 0 aliphatic rings. The smallest absolute Gasteiger partial charge is 0.145 e. The summed E-state index contributed by atoms with van der Waals surface area (Å²) in [5.41, 5.74) is 6.62. The fourth-order valence-corrected chi connectivity index (χ4v) is 2.35. The van der Waals surface area contributed by atoms with E-state index in [1.807, 2.05) is 12.3 Å².